The highest BCUT2D eigenvalue weighted by atomic mass is 32.2. The van der Waals surface area contributed by atoms with Gasteiger partial charge in [-0.15, -0.1) is 0 Å². The number of rotatable bonds is 5. The lowest BCUT2D eigenvalue weighted by atomic mass is 9.98. The smallest absolute Gasteiger partial charge is 0.288 e. The third-order valence-electron chi connectivity index (χ3n) is 3.07. The van der Waals surface area contributed by atoms with Gasteiger partial charge in [-0.25, -0.2) is 0 Å². The van der Waals surface area contributed by atoms with E-state index in [0.29, 0.717) is 16.7 Å². The van der Waals surface area contributed by atoms with Gasteiger partial charge in [0.1, 0.15) is 0 Å². The van der Waals surface area contributed by atoms with E-state index in [-0.39, 0.29) is 0 Å². The molecular weight excluding hydrogens is 276 g/mol. The van der Waals surface area contributed by atoms with Crippen molar-refractivity contribution in [2.45, 2.75) is 24.1 Å². The van der Waals surface area contributed by atoms with Crippen molar-refractivity contribution in [2.75, 3.05) is 7.05 Å². The fourth-order valence-electron chi connectivity index (χ4n) is 2.11. The molecule has 0 saturated heterocycles. The Labute approximate surface area is 122 Å². The van der Waals surface area contributed by atoms with Gasteiger partial charge in [0.25, 0.3) is 5.76 Å². The molecule has 0 amide bonds. The van der Waals surface area contributed by atoms with Crippen molar-refractivity contribution in [3.63, 3.8) is 0 Å². The predicted octanol–water partition coefficient (Wildman–Crippen LogP) is 4.70. The molecule has 1 N–H and O–H groups in total. The summed E-state index contributed by atoms with van der Waals surface area (Å²) in [4.78, 5) is 0.591. The highest BCUT2D eigenvalue weighted by Gasteiger charge is 2.07. The molecule has 0 radical (unpaired) electrons. The van der Waals surface area contributed by atoms with E-state index in [4.69, 9.17) is 0 Å². The van der Waals surface area contributed by atoms with Crippen molar-refractivity contribution in [1.82, 2.24) is 5.32 Å². The van der Waals surface area contributed by atoms with Crippen molar-refractivity contribution >= 4 is 11.8 Å². The summed E-state index contributed by atoms with van der Waals surface area (Å²) < 4.78 is 24.6. The number of benzene rings is 2. The second kappa shape index (κ2) is 6.86. The van der Waals surface area contributed by atoms with Gasteiger partial charge in [-0.2, -0.15) is 8.78 Å². The Bertz CT molecular complexity index is 567. The van der Waals surface area contributed by atoms with Crippen LogP contribution in [0.5, 0.6) is 0 Å². The van der Waals surface area contributed by atoms with Crippen LogP contribution in [0.15, 0.2) is 47.4 Å². The van der Waals surface area contributed by atoms with Gasteiger partial charge in [-0.1, -0.05) is 36.0 Å². The molecule has 2 aromatic rings. The molecule has 0 spiro atoms. The molecule has 4 heteroatoms. The first-order valence-electron chi connectivity index (χ1n) is 6.39. The standard InChI is InChI=1S/C16H17F2NS/c1-11-3-4-12(10-19-2)9-15(11)13-5-7-14(8-6-13)20-16(17)18/h3-9,16,19H,10H2,1-2H3. The Kier molecular flexibility index (Phi) is 5.15. The van der Waals surface area contributed by atoms with Gasteiger partial charge in [0.15, 0.2) is 0 Å². The number of halogens is 2. The molecule has 20 heavy (non-hydrogen) atoms. The normalized spacial score (nSPS) is 11.1. The molecule has 0 aromatic heterocycles. The monoisotopic (exact) mass is 293 g/mol. The summed E-state index contributed by atoms with van der Waals surface area (Å²) in [6.45, 7) is 2.87. The Morgan fingerprint density at radius 3 is 2.40 bits per heavy atom. The van der Waals surface area contributed by atoms with Gasteiger partial charge in [-0.3, -0.25) is 0 Å². The van der Waals surface area contributed by atoms with Gasteiger partial charge in [0, 0.05) is 11.4 Å². The largest absolute Gasteiger partial charge is 0.316 e. The molecule has 0 bridgehead atoms. The molecule has 0 aliphatic heterocycles. The van der Waals surface area contributed by atoms with Crippen LogP contribution >= 0.6 is 11.8 Å². The Morgan fingerprint density at radius 1 is 1.10 bits per heavy atom. The summed E-state index contributed by atoms with van der Waals surface area (Å²) in [5.74, 6) is -2.37. The second-order valence-electron chi connectivity index (χ2n) is 4.58. The van der Waals surface area contributed by atoms with Crippen LogP contribution in [0, 0.1) is 6.92 Å². The van der Waals surface area contributed by atoms with E-state index in [1.165, 1.54) is 11.1 Å². The zero-order valence-corrected chi connectivity index (χ0v) is 12.3. The van der Waals surface area contributed by atoms with Crippen molar-refractivity contribution in [2.24, 2.45) is 0 Å². The van der Waals surface area contributed by atoms with E-state index in [2.05, 4.69) is 30.4 Å². The van der Waals surface area contributed by atoms with Gasteiger partial charge in [-0.05, 0) is 54.4 Å². The maximum absolute atomic E-state index is 12.3. The first-order chi connectivity index (χ1) is 9.60. The zero-order chi connectivity index (χ0) is 14.5. The second-order valence-corrected chi connectivity index (χ2v) is 5.65. The summed E-state index contributed by atoms with van der Waals surface area (Å²) in [6, 6.07) is 13.6. The molecule has 0 aliphatic rings. The number of nitrogens with one attached hydrogen (secondary N) is 1. The van der Waals surface area contributed by atoms with Crippen molar-refractivity contribution in [1.29, 1.82) is 0 Å². The van der Waals surface area contributed by atoms with E-state index in [1.807, 2.05) is 19.2 Å². The number of aryl methyl sites for hydroxylation is 1. The fraction of sp³-hybridized carbons (Fsp3) is 0.250. The minimum atomic E-state index is -2.37. The lowest BCUT2D eigenvalue weighted by molar-refractivity contribution is 0.252. The van der Waals surface area contributed by atoms with Gasteiger partial charge in [0.2, 0.25) is 0 Å². The molecule has 0 heterocycles. The fourth-order valence-corrected chi connectivity index (χ4v) is 2.61. The topological polar surface area (TPSA) is 12.0 Å². The Hall–Kier alpha value is -1.39. The van der Waals surface area contributed by atoms with Crippen LogP contribution in [0.3, 0.4) is 0 Å². The third kappa shape index (κ3) is 3.81. The minimum Gasteiger partial charge on any atom is -0.316 e. The molecular formula is C16H17F2NS. The van der Waals surface area contributed by atoms with Crippen LogP contribution in [0.2, 0.25) is 0 Å². The highest BCUT2D eigenvalue weighted by molar-refractivity contribution is 7.99. The summed E-state index contributed by atoms with van der Waals surface area (Å²) in [5, 5.41) is 3.13. The van der Waals surface area contributed by atoms with Crippen LogP contribution in [-0.4, -0.2) is 12.8 Å². The quantitative estimate of drug-likeness (QED) is 0.802. The van der Waals surface area contributed by atoms with Crippen molar-refractivity contribution in [3.8, 4) is 11.1 Å². The Morgan fingerprint density at radius 2 is 1.80 bits per heavy atom. The molecule has 106 valence electrons. The van der Waals surface area contributed by atoms with Crippen molar-refractivity contribution in [3.05, 3.63) is 53.6 Å². The average Bonchev–Trinajstić information content (AvgIpc) is 2.42. The Balaban J connectivity index is 2.28. The molecule has 0 atom stereocenters. The van der Waals surface area contributed by atoms with Gasteiger partial charge in [0.05, 0.1) is 0 Å². The summed E-state index contributed by atoms with van der Waals surface area (Å²) >= 11 is 0.574. The first kappa shape index (κ1) is 15.0. The predicted molar refractivity (Wildman–Crippen MR) is 81.2 cm³/mol. The van der Waals surface area contributed by atoms with Gasteiger partial charge < -0.3 is 5.32 Å². The maximum Gasteiger partial charge on any atom is 0.288 e. The van der Waals surface area contributed by atoms with E-state index in [1.54, 1.807) is 12.1 Å². The SMILES string of the molecule is CNCc1ccc(C)c(-c2ccc(SC(F)F)cc2)c1. The number of alkyl halides is 2. The van der Waals surface area contributed by atoms with Crippen LogP contribution < -0.4 is 5.32 Å². The number of hydrogen-bond donors (Lipinski definition) is 1. The van der Waals surface area contributed by atoms with E-state index in [9.17, 15) is 8.78 Å². The molecule has 0 fully saturated rings. The minimum absolute atomic E-state index is 0.574. The van der Waals surface area contributed by atoms with Crippen LogP contribution in [0.4, 0.5) is 8.78 Å². The molecule has 0 unspecified atom stereocenters. The molecule has 1 nitrogen and oxygen atoms in total. The van der Waals surface area contributed by atoms with E-state index >= 15 is 0 Å². The molecule has 0 saturated carbocycles. The maximum atomic E-state index is 12.3. The van der Waals surface area contributed by atoms with Crippen molar-refractivity contribution < 1.29 is 8.78 Å². The summed E-state index contributed by atoms with van der Waals surface area (Å²) in [5.41, 5.74) is 4.59. The molecule has 0 aliphatic carbocycles. The van der Waals surface area contributed by atoms with Crippen LogP contribution in [0.25, 0.3) is 11.1 Å². The zero-order valence-electron chi connectivity index (χ0n) is 11.5. The lowest BCUT2D eigenvalue weighted by Crippen LogP contribution is -2.05. The van der Waals surface area contributed by atoms with Crippen LogP contribution in [0.1, 0.15) is 11.1 Å². The molecule has 2 rings (SSSR count). The summed E-state index contributed by atoms with van der Waals surface area (Å²) in [6.07, 6.45) is 0. The first-order valence-corrected chi connectivity index (χ1v) is 7.27. The molecule has 2 aromatic carbocycles. The lowest BCUT2D eigenvalue weighted by Gasteiger charge is -2.10. The summed E-state index contributed by atoms with van der Waals surface area (Å²) in [7, 11) is 1.91. The third-order valence-corrected chi connectivity index (χ3v) is 3.80. The number of hydrogen-bond acceptors (Lipinski definition) is 2. The van der Waals surface area contributed by atoms with E-state index < -0.39 is 5.76 Å². The van der Waals surface area contributed by atoms with Crippen LogP contribution in [-0.2, 0) is 6.54 Å². The number of thioether (sulfide) groups is 1. The highest BCUT2D eigenvalue weighted by Crippen LogP contribution is 2.29. The van der Waals surface area contributed by atoms with Gasteiger partial charge >= 0.3 is 0 Å². The van der Waals surface area contributed by atoms with E-state index in [0.717, 1.165) is 17.7 Å². The average molecular weight is 293 g/mol.